The number of anilines is 1. The molecule has 0 aliphatic carbocycles. The molecule has 0 spiro atoms. The van der Waals surface area contributed by atoms with E-state index < -0.39 is 0 Å². The van der Waals surface area contributed by atoms with Crippen LogP contribution in [0.5, 0.6) is 0 Å². The third-order valence-electron chi connectivity index (χ3n) is 3.68. The van der Waals surface area contributed by atoms with Gasteiger partial charge in [0.15, 0.2) is 0 Å². The summed E-state index contributed by atoms with van der Waals surface area (Å²) in [5.41, 5.74) is 3.99. The van der Waals surface area contributed by atoms with Gasteiger partial charge in [0.25, 0.3) is 0 Å². The molecule has 0 aliphatic heterocycles. The van der Waals surface area contributed by atoms with Crippen LogP contribution in [-0.2, 0) is 0 Å². The Morgan fingerprint density at radius 3 is 2.47 bits per heavy atom. The lowest BCUT2D eigenvalue weighted by Gasteiger charge is -2.11. The van der Waals surface area contributed by atoms with Gasteiger partial charge in [-0.15, -0.1) is 0 Å². The van der Waals surface area contributed by atoms with Crippen molar-refractivity contribution in [3.8, 4) is 0 Å². The number of hydrogen-bond donors (Lipinski definition) is 2. The highest BCUT2D eigenvalue weighted by molar-refractivity contribution is 5.53. The molecule has 1 aromatic carbocycles. The van der Waals surface area contributed by atoms with Gasteiger partial charge in [-0.25, -0.2) is 0 Å². The normalized spacial score (nSPS) is 10.7. The predicted molar refractivity (Wildman–Crippen MR) is 86.0 cm³/mol. The summed E-state index contributed by atoms with van der Waals surface area (Å²) in [5.74, 6) is 0. The number of nitrogens with one attached hydrogen (secondary N) is 2. The second-order valence-electron chi connectivity index (χ2n) is 5.34. The number of hydrogen-bond acceptors (Lipinski definition) is 2. The largest absolute Gasteiger partial charge is 0.384 e. The molecule has 0 amide bonds. The van der Waals surface area contributed by atoms with E-state index in [0.717, 1.165) is 19.6 Å². The van der Waals surface area contributed by atoms with Gasteiger partial charge in [-0.2, -0.15) is 0 Å². The average Bonchev–Trinajstić information content (AvgIpc) is 2.41. The Bertz CT molecular complexity index is 347. The monoisotopic (exact) mass is 262 g/mol. The summed E-state index contributed by atoms with van der Waals surface area (Å²) in [4.78, 5) is 0. The molecule has 0 atom stereocenters. The highest BCUT2D eigenvalue weighted by Crippen LogP contribution is 2.17. The summed E-state index contributed by atoms with van der Waals surface area (Å²) >= 11 is 0. The molecule has 0 radical (unpaired) electrons. The first kappa shape index (κ1) is 16.0. The first-order valence-electron chi connectivity index (χ1n) is 7.76. The molecule has 0 heterocycles. The van der Waals surface area contributed by atoms with E-state index in [0.29, 0.717) is 0 Å². The van der Waals surface area contributed by atoms with Crippen molar-refractivity contribution in [2.24, 2.45) is 0 Å². The van der Waals surface area contributed by atoms with Crippen molar-refractivity contribution in [1.29, 1.82) is 0 Å². The maximum Gasteiger partial charge on any atom is 0.0372 e. The van der Waals surface area contributed by atoms with Crippen LogP contribution in [0.1, 0.15) is 50.2 Å². The molecular formula is C17H30N2. The van der Waals surface area contributed by atoms with Crippen LogP contribution >= 0.6 is 0 Å². The highest BCUT2D eigenvalue weighted by Gasteiger charge is 1.98. The molecule has 0 fully saturated rings. The second kappa shape index (κ2) is 9.85. The van der Waals surface area contributed by atoms with E-state index in [1.807, 2.05) is 0 Å². The van der Waals surface area contributed by atoms with Gasteiger partial charge in [0.2, 0.25) is 0 Å². The smallest absolute Gasteiger partial charge is 0.0372 e. The highest BCUT2D eigenvalue weighted by atomic mass is 14.9. The van der Waals surface area contributed by atoms with Crippen molar-refractivity contribution in [2.45, 2.75) is 52.9 Å². The Kier molecular flexibility index (Phi) is 8.31. The van der Waals surface area contributed by atoms with Crippen LogP contribution in [0.15, 0.2) is 18.2 Å². The van der Waals surface area contributed by atoms with E-state index in [2.05, 4.69) is 49.6 Å². The quantitative estimate of drug-likeness (QED) is 0.615. The fourth-order valence-electron chi connectivity index (χ4n) is 2.21. The Hall–Kier alpha value is -1.02. The van der Waals surface area contributed by atoms with Gasteiger partial charge in [-0.05, 0) is 44.0 Å². The van der Waals surface area contributed by atoms with Gasteiger partial charge in [-0.3, -0.25) is 0 Å². The zero-order valence-corrected chi connectivity index (χ0v) is 12.9. The van der Waals surface area contributed by atoms with Crippen LogP contribution < -0.4 is 10.6 Å². The van der Waals surface area contributed by atoms with Crippen LogP contribution in [0.3, 0.4) is 0 Å². The van der Waals surface area contributed by atoms with Gasteiger partial charge >= 0.3 is 0 Å². The lowest BCUT2D eigenvalue weighted by Crippen LogP contribution is -2.23. The Morgan fingerprint density at radius 2 is 1.68 bits per heavy atom. The van der Waals surface area contributed by atoms with Crippen molar-refractivity contribution in [3.63, 3.8) is 0 Å². The van der Waals surface area contributed by atoms with Gasteiger partial charge in [0.05, 0.1) is 0 Å². The number of rotatable bonds is 10. The molecule has 0 unspecified atom stereocenters. The van der Waals surface area contributed by atoms with E-state index in [1.165, 1.54) is 48.9 Å². The SMILES string of the molecule is CCCCCCCNCCNc1cccc(C)c1C. The zero-order chi connectivity index (χ0) is 13.9. The van der Waals surface area contributed by atoms with E-state index in [9.17, 15) is 0 Å². The lowest BCUT2D eigenvalue weighted by atomic mass is 10.1. The van der Waals surface area contributed by atoms with Gasteiger partial charge in [0, 0.05) is 18.8 Å². The molecule has 2 N–H and O–H groups in total. The van der Waals surface area contributed by atoms with Crippen molar-refractivity contribution >= 4 is 5.69 Å². The van der Waals surface area contributed by atoms with Crippen LogP contribution in [0, 0.1) is 13.8 Å². The molecule has 1 rings (SSSR count). The number of unbranched alkanes of at least 4 members (excludes halogenated alkanes) is 4. The first-order chi connectivity index (χ1) is 9.25. The number of benzene rings is 1. The van der Waals surface area contributed by atoms with Crippen LogP contribution in [0.4, 0.5) is 5.69 Å². The van der Waals surface area contributed by atoms with Crippen LogP contribution in [-0.4, -0.2) is 19.6 Å². The molecular weight excluding hydrogens is 232 g/mol. The zero-order valence-electron chi connectivity index (χ0n) is 12.9. The van der Waals surface area contributed by atoms with E-state index in [4.69, 9.17) is 0 Å². The minimum absolute atomic E-state index is 0.999. The summed E-state index contributed by atoms with van der Waals surface area (Å²) in [6, 6.07) is 6.44. The Labute approximate surface area is 119 Å². The summed E-state index contributed by atoms with van der Waals surface area (Å²) in [5, 5.41) is 7.01. The Balaban J connectivity index is 2.03. The summed E-state index contributed by atoms with van der Waals surface area (Å²) in [6.07, 6.45) is 6.77. The Morgan fingerprint density at radius 1 is 0.895 bits per heavy atom. The van der Waals surface area contributed by atoms with Crippen molar-refractivity contribution < 1.29 is 0 Å². The molecule has 2 nitrogen and oxygen atoms in total. The molecule has 2 heteroatoms. The summed E-state index contributed by atoms with van der Waals surface area (Å²) in [6.45, 7) is 9.80. The lowest BCUT2D eigenvalue weighted by molar-refractivity contribution is 0.589. The van der Waals surface area contributed by atoms with E-state index in [1.54, 1.807) is 0 Å². The third kappa shape index (κ3) is 6.63. The van der Waals surface area contributed by atoms with Crippen molar-refractivity contribution in [1.82, 2.24) is 5.32 Å². The van der Waals surface area contributed by atoms with Crippen molar-refractivity contribution in [2.75, 3.05) is 25.0 Å². The van der Waals surface area contributed by atoms with E-state index in [-0.39, 0.29) is 0 Å². The minimum Gasteiger partial charge on any atom is -0.384 e. The van der Waals surface area contributed by atoms with Crippen molar-refractivity contribution in [3.05, 3.63) is 29.3 Å². The van der Waals surface area contributed by atoms with Crippen LogP contribution in [0.25, 0.3) is 0 Å². The summed E-state index contributed by atoms with van der Waals surface area (Å²) < 4.78 is 0. The fourth-order valence-corrected chi connectivity index (χ4v) is 2.21. The molecule has 1 aromatic rings. The molecule has 0 saturated heterocycles. The minimum atomic E-state index is 0.999. The standard InChI is InChI=1S/C17H30N2/c1-4-5-6-7-8-12-18-13-14-19-17-11-9-10-15(2)16(17)3/h9-11,18-19H,4-8,12-14H2,1-3H3. The topological polar surface area (TPSA) is 24.1 Å². The average molecular weight is 262 g/mol. The number of aryl methyl sites for hydroxylation is 1. The molecule has 108 valence electrons. The molecule has 0 aliphatic rings. The first-order valence-corrected chi connectivity index (χ1v) is 7.76. The molecule has 19 heavy (non-hydrogen) atoms. The molecule has 0 saturated carbocycles. The summed E-state index contributed by atoms with van der Waals surface area (Å²) in [7, 11) is 0. The fraction of sp³-hybridized carbons (Fsp3) is 0.647. The van der Waals surface area contributed by atoms with Gasteiger partial charge in [0.1, 0.15) is 0 Å². The predicted octanol–water partition coefficient (Wildman–Crippen LogP) is 4.28. The third-order valence-corrected chi connectivity index (χ3v) is 3.68. The van der Waals surface area contributed by atoms with Gasteiger partial charge in [-0.1, -0.05) is 44.7 Å². The molecule has 0 aromatic heterocycles. The maximum absolute atomic E-state index is 3.50. The second-order valence-corrected chi connectivity index (χ2v) is 5.34. The van der Waals surface area contributed by atoms with Gasteiger partial charge < -0.3 is 10.6 Å². The van der Waals surface area contributed by atoms with E-state index >= 15 is 0 Å². The molecule has 0 bridgehead atoms. The van der Waals surface area contributed by atoms with Crippen LogP contribution in [0.2, 0.25) is 0 Å². The maximum atomic E-state index is 3.50.